The van der Waals surface area contributed by atoms with Gasteiger partial charge in [0, 0.05) is 0 Å². The van der Waals surface area contributed by atoms with Crippen molar-refractivity contribution < 1.29 is 58.1 Å². The van der Waals surface area contributed by atoms with Crippen LogP contribution in [0.4, 0.5) is 35.1 Å². The van der Waals surface area contributed by atoms with Gasteiger partial charge in [-0.25, -0.2) is 0 Å². The first-order chi connectivity index (χ1) is 27.5. The average Bonchev–Trinajstić information content (AvgIpc) is 3.19. The van der Waals surface area contributed by atoms with Gasteiger partial charge in [-0.15, -0.1) is 0 Å². The average molecular weight is 1020 g/mol. The van der Waals surface area contributed by atoms with Gasteiger partial charge in [0.05, 0.1) is 0 Å². The zero-order valence-electron chi connectivity index (χ0n) is 32.9. The molecular weight excluding hydrogens is 976 g/mol. The van der Waals surface area contributed by atoms with E-state index in [-0.39, 0.29) is 21.8 Å². The first kappa shape index (κ1) is 47.5. The maximum absolute atomic E-state index is 16.0. The number of hydrogen-bond acceptors (Lipinski definition) is 6. The summed E-state index contributed by atoms with van der Waals surface area (Å²) in [7, 11) is -18.9. The molecule has 0 saturated heterocycles. The van der Waals surface area contributed by atoms with E-state index in [9.17, 15) is 16.8 Å². The summed E-state index contributed by atoms with van der Waals surface area (Å²) >= 11 is -4.38. The summed E-state index contributed by atoms with van der Waals surface area (Å²) in [4.78, 5) is -0.581. The molecule has 0 aliphatic heterocycles. The zero-order valence-corrected chi connectivity index (χ0v) is 37.5. The molecule has 0 N–H and O–H groups in total. The molecule has 5 aromatic rings. The van der Waals surface area contributed by atoms with E-state index in [2.05, 4.69) is 0 Å². The fraction of sp³-hybridized carbons (Fsp3) is 0.286. The van der Waals surface area contributed by atoms with Gasteiger partial charge in [-0.1, -0.05) is 18.2 Å². The molecule has 60 heavy (non-hydrogen) atoms. The summed E-state index contributed by atoms with van der Waals surface area (Å²) in [6.07, 6.45) is 0. The molecule has 5 rings (SSSR count). The molecule has 0 amide bonds. The van der Waals surface area contributed by atoms with Gasteiger partial charge in [-0.3, -0.25) is 0 Å². The first-order valence-corrected chi connectivity index (χ1v) is 25.3. The van der Waals surface area contributed by atoms with Gasteiger partial charge in [0.2, 0.25) is 0 Å². The molecule has 0 unspecified atom stereocenters. The van der Waals surface area contributed by atoms with E-state index in [0.29, 0.717) is 11.1 Å². The number of rotatable bonds is 14. The molecule has 0 bridgehead atoms. The van der Waals surface area contributed by atoms with Crippen LogP contribution >= 0.6 is 30.5 Å². The van der Waals surface area contributed by atoms with Crippen molar-refractivity contribution in [2.75, 3.05) is 0 Å². The third-order valence-corrected chi connectivity index (χ3v) is 21.7. The van der Waals surface area contributed by atoms with E-state index in [1.807, 2.05) is 41.5 Å². The van der Waals surface area contributed by atoms with Crippen LogP contribution < -0.4 is 0 Å². The number of halogens is 9. The van der Waals surface area contributed by atoms with Crippen LogP contribution in [0.1, 0.15) is 52.7 Å². The molecule has 18 heteroatoms. The van der Waals surface area contributed by atoms with Crippen LogP contribution in [0.15, 0.2) is 154 Å². The van der Waals surface area contributed by atoms with Crippen molar-refractivity contribution in [3.8, 4) is 0 Å². The predicted octanol–water partition coefficient (Wildman–Crippen LogP) is 12.8. The van der Waals surface area contributed by atoms with Crippen LogP contribution in [0.2, 0.25) is 0 Å². The van der Waals surface area contributed by atoms with Crippen LogP contribution in [-0.2, 0) is 37.2 Å². The number of hydrogen-bond donors (Lipinski definition) is 0. The Balaban J connectivity index is 1.60. The Morgan fingerprint density at radius 1 is 0.417 bits per heavy atom. The summed E-state index contributed by atoms with van der Waals surface area (Å²) in [5.41, 5.74) is 0.457. The Hall–Kier alpha value is -3.56. The molecule has 5 aromatic carbocycles. The molecule has 0 aromatic heterocycles. The van der Waals surface area contributed by atoms with Crippen molar-refractivity contribution >= 4 is 50.8 Å². The van der Waals surface area contributed by atoms with E-state index in [1.54, 1.807) is 0 Å². The van der Waals surface area contributed by atoms with Crippen molar-refractivity contribution in [3.05, 3.63) is 158 Å². The Morgan fingerprint density at radius 3 is 0.983 bits per heavy atom. The monoisotopic (exact) mass is 1020 g/mol. The SMILES string of the molecule is CC(C)(C)c1ccc(I(OS(=O)(=O)C(F)(F)C(F)(F)C(F)(F)C(F)(F)S(=O)(=O)OS(c2ccccc2)(c2ccccc2)c2ccccc2)c2ccc(C(C)(C)C)cc2)cc1. The van der Waals surface area contributed by atoms with E-state index in [0.717, 1.165) is 0 Å². The van der Waals surface area contributed by atoms with Gasteiger partial charge in [0.1, 0.15) is 0 Å². The van der Waals surface area contributed by atoms with Gasteiger partial charge >= 0.3 is 338 Å². The first-order valence-electron chi connectivity index (χ1n) is 17.9. The second kappa shape index (κ2) is 16.6. The third kappa shape index (κ3) is 8.60. The minimum atomic E-state index is -7.66. The van der Waals surface area contributed by atoms with Gasteiger partial charge in [0.15, 0.2) is 0 Å². The Labute approximate surface area is 354 Å². The Morgan fingerprint density at radius 2 is 0.700 bits per heavy atom. The fourth-order valence-corrected chi connectivity index (χ4v) is 17.8. The van der Waals surface area contributed by atoms with E-state index in [1.165, 1.54) is 140 Å². The molecule has 0 aliphatic rings. The van der Waals surface area contributed by atoms with E-state index in [4.69, 9.17) is 6.14 Å². The molecule has 326 valence electrons. The molecule has 0 aliphatic carbocycles. The van der Waals surface area contributed by atoms with Crippen molar-refractivity contribution in [2.24, 2.45) is 0 Å². The van der Waals surface area contributed by atoms with E-state index >= 15 is 35.1 Å². The number of benzene rings is 5. The van der Waals surface area contributed by atoms with Gasteiger partial charge in [-0.05, 0) is 0 Å². The maximum atomic E-state index is 16.0. The molecule has 0 radical (unpaired) electrons. The second-order valence-corrected chi connectivity index (χ2v) is 26.5. The van der Waals surface area contributed by atoms with Gasteiger partial charge < -0.3 is 0 Å². The molecule has 0 saturated carbocycles. The third-order valence-electron chi connectivity index (χ3n) is 9.13. The summed E-state index contributed by atoms with van der Waals surface area (Å²) in [6, 6.07) is 30.9. The normalized spacial score (nSPS) is 14.5. The topological polar surface area (TPSA) is 86.7 Å². The van der Waals surface area contributed by atoms with E-state index < -0.39 is 84.0 Å². The molecular formula is C42H41F8IO6S3. The summed E-state index contributed by atoms with van der Waals surface area (Å²) < 4.78 is 191. The molecule has 0 spiro atoms. The summed E-state index contributed by atoms with van der Waals surface area (Å²) in [5.74, 6) is -15.3. The van der Waals surface area contributed by atoms with Crippen LogP contribution in [0.3, 0.4) is 0 Å². The Bertz CT molecular complexity index is 2330. The predicted molar refractivity (Wildman–Crippen MR) is 223 cm³/mol. The molecule has 0 fully saturated rings. The van der Waals surface area contributed by atoms with Crippen molar-refractivity contribution in [3.63, 3.8) is 0 Å². The standard InChI is InChI=1S/C42H41F8IO6S3/c1-37(2,3)30-22-26-32(27-23-30)51(33-28-24-31(25-29-33)38(4,5)6)56-59(52,53)41(47,48)39(43,44)40(45,46)42(49,50)60(54,55)57-58(34-16-10-7-11-17-34,35-18-12-8-13-19-35)36-20-14-9-15-21-36/h7-29H,1-6H3. The molecule has 0 atom stereocenters. The van der Waals surface area contributed by atoms with Gasteiger partial charge in [0.25, 0.3) is 0 Å². The van der Waals surface area contributed by atoms with Crippen LogP contribution in [0.25, 0.3) is 0 Å². The van der Waals surface area contributed by atoms with Crippen LogP contribution in [0, 0.1) is 7.14 Å². The fourth-order valence-electron chi connectivity index (χ4n) is 5.67. The second-order valence-electron chi connectivity index (χ2n) is 15.5. The van der Waals surface area contributed by atoms with Crippen LogP contribution in [-0.4, -0.2) is 39.2 Å². The molecule has 6 nitrogen and oxygen atoms in total. The Kier molecular flexibility index (Phi) is 13.2. The van der Waals surface area contributed by atoms with Crippen LogP contribution in [0.5, 0.6) is 0 Å². The summed E-state index contributed by atoms with van der Waals surface area (Å²) in [6.45, 7) is 11.0. The molecule has 0 heterocycles. The number of alkyl halides is 8. The van der Waals surface area contributed by atoms with Crippen molar-refractivity contribution in [1.82, 2.24) is 0 Å². The summed E-state index contributed by atoms with van der Waals surface area (Å²) in [5, 5.41) is -14.4. The zero-order chi connectivity index (χ0) is 44.8. The van der Waals surface area contributed by atoms with Crippen molar-refractivity contribution in [1.29, 1.82) is 0 Å². The minimum absolute atomic E-state index is 0.0616. The van der Waals surface area contributed by atoms with Crippen molar-refractivity contribution in [2.45, 2.75) is 89.4 Å². The quantitative estimate of drug-likeness (QED) is 0.0814. The van der Waals surface area contributed by atoms with Gasteiger partial charge in [-0.2, -0.15) is 0 Å².